The fraction of sp³-hybridized carbons (Fsp3) is 0.451. The lowest BCUT2D eigenvalue weighted by molar-refractivity contribution is -0.121. The Balaban J connectivity index is 0.000000160. The van der Waals surface area contributed by atoms with Crippen LogP contribution < -0.4 is 14.7 Å². The molecule has 0 aliphatic carbocycles. The first kappa shape index (κ1) is 74.0. The number of allylic oxidation sites excluding steroid dienone is 1. The van der Waals surface area contributed by atoms with Crippen molar-refractivity contribution in [3.8, 4) is 17.1 Å². The Labute approximate surface area is 587 Å². The van der Waals surface area contributed by atoms with Gasteiger partial charge in [-0.25, -0.2) is 27.2 Å². The predicted molar refractivity (Wildman–Crippen MR) is 379 cm³/mol. The van der Waals surface area contributed by atoms with Gasteiger partial charge in [0.2, 0.25) is 17.7 Å². The molecule has 0 radical (unpaired) electrons. The Bertz CT molecular complexity index is 4190. The van der Waals surface area contributed by atoms with Gasteiger partial charge in [-0.15, -0.1) is 0 Å². The molecule has 4 aromatic heterocycles. The van der Waals surface area contributed by atoms with Crippen molar-refractivity contribution < 1.29 is 42.9 Å². The zero-order valence-electron chi connectivity index (χ0n) is 57.1. The molecule has 518 valence electrons. The van der Waals surface area contributed by atoms with Crippen LogP contribution in [-0.2, 0) is 20.0 Å². The van der Waals surface area contributed by atoms with Gasteiger partial charge >= 0.3 is 0 Å². The average molecular weight is 1460 g/mol. The van der Waals surface area contributed by atoms with Gasteiger partial charge in [0, 0.05) is 25.2 Å². The van der Waals surface area contributed by atoms with Gasteiger partial charge in [0.1, 0.15) is 34.3 Å². The van der Waals surface area contributed by atoms with Crippen molar-refractivity contribution in [3.05, 3.63) is 164 Å². The number of rotatable bonds is 14. The molecule has 3 amide bonds. The van der Waals surface area contributed by atoms with Crippen LogP contribution in [0, 0.1) is 36.2 Å². The number of halogens is 7. The number of carbonyl (C=O) groups is 3. The molecule has 3 aromatic carbocycles. The van der Waals surface area contributed by atoms with E-state index < -0.39 is 28.8 Å². The summed E-state index contributed by atoms with van der Waals surface area (Å²) in [6.45, 7) is 29.5. The molecule has 5 unspecified atom stereocenters. The van der Waals surface area contributed by atoms with Crippen LogP contribution in [-0.4, -0.2) is 132 Å². The lowest BCUT2D eigenvalue weighted by Crippen LogP contribution is -2.37. The van der Waals surface area contributed by atoms with Crippen LogP contribution in [0.3, 0.4) is 0 Å². The first-order valence-corrected chi connectivity index (χ1v) is 34.3. The Morgan fingerprint density at radius 2 is 0.897 bits per heavy atom. The van der Waals surface area contributed by atoms with Crippen LogP contribution in [0.5, 0.6) is 0 Å². The molecule has 7 aromatic rings. The molecule has 0 bridgehead atoms. The maximum absolute atomic E-state index is 13.6. The molecule has 0 spiro atoms. The standard InChI is InChI=1S/2C24H28ClFN4O2.C16H17BrFN3O.C7H11ClN2O/c1-13(2)22-18(12-27-30(22)16-8-6-15(26)7-9-16)29-11-10-17(23(29)31)21-19(24(4,5)32)20(25)14(3)28-21;1-13(2)21-18(12-27-30(21)16-8-6-15(26)7-9-16)29-11-10-17(23(29)31)20-14(3)19(25)22(28-20)24(4,5)32;1-10(2)15-14(20-8-7-13(17)16(20)22)9-19-21(15)12-5-3-11(18)4-6-12;1-4-5(8)6(10-9-4)7(2,3)11/h6-9,12-13,17,21,32H,10-11H2,1-5H3;6-9,12-13,17,20,32H,10-11H2,1-5H3;3-6,9-10,13H,7-8H2,1-2H3;11H,1-3H3,(H,9,10). The molecule has 97 heavy (non-hydrogen) atoms. The third-order valence-corrected chi connectivity index (χ3v) is 19.9. The van der Waals surface area contributed by atoms with E-state index in [4.69, 9.17) is 34.8 Å². The molecule has 9 heterocycles. The SMILES string of the molecule is CC(C)c1c(N2CCC(Br)C2=O)cnn1-c1ccc(F)cc1.CC1=C(Cl)C(C(C)(C)O)=NC1C1CCN(c2cnn(-c3ccc(F)cc3)c2C(C)C)C1=O.CC1=NC(C2CCN(c3cnn(-c4ccc(F)cc4)c3C(C)C)C2=O)C(C(C)(C)O)=C1Cl.Cc1[nH]nc(C(C)(C)O)c1Cl. The summed E-state index contributed by atoms with van der Waals surface area (Å²) >= 11 is 22.2. The summed E-state index contributed by atoms with van der Waals surface area (Å²) in [7, 11) is 0. The number of hydrogen-bond acceptors (Lipinski definition) is 12. The van der Waals surface area contributed by atoms with Crippen molar-refractivity contribution in [1.29, 1.82) is 0 Å². The molecule has 5 aliphatic rings. The van der Waals surface area contributed by atoms with E-state index in [0.717, 1.165) is 68.9 Å². The van der Waals surface area contributed by atoms with E-state index in [1.165, 1.54) is 36.4 Å². The van der Waals surface area contributed by atoms with Gasteiger partial charge in [-0.3, -0.25) is 29.5 Å². The lowest BCUT2D eigenvalue weighted by Gasteiger charge is -2.28. The van der Waals surface area contributed by atoms with Crippen LogP contribution in [0.1, 0.15) is 162 Å². The van der Waals surface area contributed by atoms with E-state index in [-0.39, 0.29) is 69.7 Å². The molecular weight excluding hydrogens is 1370 g/mol. The van der Waals surface area contributed by atoms with E-state index in [1.807, 2.05) is 41.5 Å². The number of aromatic amines is 1. The number of hydrogen-bond donors (Lipinski definition) is 4. The van der Waals surface area contributed by atoms with Crippen LogP contribution in [0.2, 0.25) is 5.02 Å². The zero-order valence-corrected chi connectivity index (χ0v) is 61.0. The Morgan fingerprint density at radius 1 is 0.526 bits per heavy atom. The van der Waals surface area contributed by atoms with Crippen LogP contribution in [0.25, 0.3) is 17.1 Å². The number of nitrogens with one attached hydrogen (secondary N) is 1. The van der Waals surface area contributed by atoms with Crippen LogP contribution in [0.15, 0.2) is 123 Å². The van der Waals surface area contributed by atoms with Crippen molar-refractivity contribution in [2.45, 2.75) is 175 Å². The summed E-state index contributed by atoms with van der Waals surface area (Å²) in [6, 6.07) is 17.6. The Kier molecular flexibility index (Phi) is 22.3. The smallest absolute Gasteiger partial charge is 0.240 e. The largest absolute Gasteiger partial charge is 0.386 e. The van der Waals surface area contributed by atoms with E-state index in [2.05, 4.69) is 65.3 Å². The summed E-state index contributed by atoms with van der Waals surface area (Å²) in [5.41, 5.74) is 7.80. The first-order chi connectivity index (χ1) is 45.4. The normalized spacial score (nSPS) is 20.0. The maximum Gasteiger partial charge on any atom is 0.240 e. The van der Waals surface area contributed by atoms with Gasteiger partial charge in [0.25, 0.3) is 0 Å². The van der Waals surface area contributed by atoms with Gasteiger partial charge in [-0.1, -0.05) is 92.3 Å². The number of carbonyl (C=O) groups excluding carboxylic acids is 3. The van der Waals surface area contributed by atoms with E-state index >= 15 is 0 Å². The monoisotopic (exact) mass is 1460 g/mol. The Hall–Kier alpha value is -7.25. The average Bonchev–Trinajstić information content (AvgIpc) is 1.62. The van der Waals surface area contributed by atoms with Gasteiger partial charge in [-0.2, -0.15) is 20.4 Å². The number of nitrogens with zero attached hydrogens (tertiary/aromatic N) is 12. The molecular formula is C71H84BrCl3F3N13O6. The molecule has 26 heteroatoms. The molecule has 12 rings (SSSR count). The second-order valence-corrected chi connectivity index (χ2v) is 29.6. The fourth-order valence-corrected chi connectivity index (χ4v) is 14.4. The molecule has 3 fully saturated rings. The van der Waals surface area contributed by atoms with Crippen molar-refractivity contribution in [3.63, 3.8) is 0 Å². The second kappa shape index (κ2) is 29.3. The number of aryl methyl sites for hydroxylation is 1. The van der Waals surface area contributed by atoms with Crippen LogP contribution >= 0.6 is 50.7 Å². The molecule has 19 nitrogen and oxygen atoms in total. The highest BCUT2D eigenvalue weighted by Crippen LogP contribution is 2.44. The summed E-state index contributed by atoms with van der Waals surface area (Å²) in [4.78, 5) is 53.8. The van der Waals surface area contributed by atoms with Crippen molar-refractivity contribution >= 4 is 96.9 Å². The number of aliphatic hydroxyl groups is 3. The molecule has 0 saturated carbocycles. The highest BCUT2D eigenvalue weighted by atomic mass is 79.9. The quantitative estimate of drug-likeness (QED) is 0.0753. The minimum absolute atomic E-state index is 0.0277. The molecule has 5 atom stereocenters. The lowest BCUT2D eigenvalue weighted by atomic mass is 9.84. The minimum atomic E-state index is -1.17. The van der Waals surface area contributed by atoms with Gasteiger partial charge < -0.3 is 30.0 Å². The number of H-pyrrole nitrogens is 1. The summed E-state index contributed by atoms with van der Waals surface area (Å²) < 4.78 is 45.2. The number of alkyl halides is 1. The van der Waals surface area contributed by atoms with Crippen LogP contribution in [0.4, 0.5) is 30.2 Å². The van der Waals surface area contributed by atoms with Crippen molar-refractivity contribution in [2.24, 2.45) is 21.8 Å². The summed E-state index contributed by atoms with van der Waals surface area (Å²) in [5.74, 6) is -1.32. The number of anilines is 3. The predicted octanol–water partition coefficient (Wildman–Crippen LogP) is 14.4. The number of benzene rings is 3. The second-order valence-electron chi connectivity index (χ2n) is 27.4. The number of aliphatic imine (C=N–C) groups is 2. The van der Waals surface area contributed by atoms with E-state index in [1.54, 1.807) is 132 Å². The Morgan fingerprint density at radius 3 is 1.20 bits per heavy atom. The third kappa shape index (κ3) is 15.5. The number of amides is 3. The molecule has 5 aliphatic heterocycles. The first-order valence-electron chi connectivity index (χ1n) is 32.3. The maximum atomic E-state index is 13.6. The van der Waals surface area contributed by atoms with Crippen molar-refractivity contribution in [1.82, 2.24) is 39.5 Å². The highest BCUT2D eigenvalue weighted by molar-refractivity contribution is 9.10. The molecule has 4 N–H and O–H groups in total. The van der Waals surface area contributed by atoms with Gasteiger partial charge in [-0.05, 0) is 178 Å². The van der Waals surface area contributed by atoms with E-state index in [0.29, 0.717) is 70.3 Å². The van der Waals surface area contributed by atoms with Gasteiger partial charge in [0.05, 0.1) is 136 Å². The molecule has 3 saturated heterocycles. The highest BCUT2D eigenvalue weighted by Gasteiger charge is 2.48. The van der Waals surface area contributed by atoms with Gasteiger partial charge in [0.15, 0.2) is 0 Å². The minimum Gasteiger partial charge on any atom is -0.386 e. The van der Waals surface area contributed by atoms with E-state index in [9.17, 15) is 42.9 Å². The third-order valence-electron chi connectivity index (χ3n) is 17.6. The van der Waals surface area contributed by atoms with Crippen molar-refractivity contribution in [2.75, 3.05) is 34.3 Å². The summed E-state index contributed by atoms with van der Waals surface area (Å²) in [5, 5.41) is 52.1. The summed E-state index contributed by atoms with van der Waals surface area (Å²) in [6.07, 6.45) is 7.15. The topological polar surface area (TPSA) is 228 Å². The number of aromatic nitrogens is 8. The zero-order chi connectivity index (χ0) is 71.2. The fourth-order valence-electron chi connectivity index (χ4n) is 12.8.